The third kappa shape index (κ3) is 2.15. The van der Waals surface area contributed by atoms with Crippen molar-refractivity contribution in [1.82, 2.24) is 4.57 Å². The maximum absolute atomic E-state index is 5.68. The Morgan fingerprint density at radius 3 is 2.50 bits per heavy atom. The van der Waals surface area contributed by atoms with Crippen LogP contribution >= 0.6 is 24.4 Å². The van der Waals surface area contributed by atoms with Gasteiger partial charge in [-0.2, -0.15) is 0 Å². The molecule has 0 N–H and O–H groups in total. The van der Waals surface area contributed by atoms with Gasteiger partial charge in [0, 0.05) is 0 Å². The maximum atomic E-state index is 5.68. The van der Waals surface area contributed by atoms with Crippen LogP contribution in [-0.4, -0.2) is 11.7 Å². The number of nitrogens with zero attached hydrogens (tertiary/aromatic N) is 1. The highest BCUT2D eigenvalue weighted by molar-refractivity contribution is 7.72. The van der Waals surface area contributed by atoms with Crippen molar-refractivity contribution in [2.45, 2.75) is 0 Å². The molecule has 0 aliphatic heterocycles. The van der Waals surface area contributed by atoms with E-state index in [0.717, 1.165) is 16.8 Å². The predicted molar refractivity (Wildman–Crippen MR) is 83.8 cm³/mol. The minimum absolute atomic E-state index is 0.332. The third-order valence-corrected chi connectivity index (χ3v) is 3.68. The maximum Gasteiger partial charge on any atom is 0.274 e. The second-order valence-corrected chi connectivity index (χ2v) is 4.94. The summed E-state index contributed by atoms with van der Waals surface area (Å²) in [5.41, 5.74) is 1.55. The number of hydrogen-bond donors (Lipinski definition) is 0. The molecule has 0 unspecified atom stereocenters. The van der Waals surface area contributed by atoms with Gasteiger partial charge in [0.1, 0.15) is 16.0 Å². The molecule has 0 radical (unpaired) electrons. The Kier molecular flexibility index (Phi) is 3.38. The summed E-state index contributed by atoms with van der Waals surface area (Å²) in [6.45, 7) is 0. The molecule has 0 bridgehead atoms. The molecule has 0 aliphatic carbocycles. The number of hydrogen-bond acceptors (Lipinski definition) is 4. The van der Waals surface area contributed by atoms with Crippen molar-refractivity contribution in [3.8, 4) is 11.4 Å². The highest BCUT2D eigenvalue weighted by Gasteiger charge is 2.07. The van der Waals surface area contributed by atoms with Gasteiger partial charge in [-0.05, 0) is 42.5 Å². The van der Waals surface area contributed by atoms with Crippen molar-refractivity contribution in [1.29, 1.82) is 0 Å². The Bertz CT molecular complexity index is 882. The highest BCUT2D eigenvalue weighted by atomic mass is 32.1. The van der Waals surface area contributed by atoms with E-state index >= 15 is 0 Å². The zero-order chi connectivity index (χ0) is 14.1. The first-order chi connectivity index (χ1) is 9.70. The minimum atomic E-state index is 0.332. The number of methoxy groups -OCH3 is 1. The number of ether oxygens (including phenoxy) is 1. The highest BCUT2D eigenvalue weighted by Crippen LogP contribution is 2.24. The van der Waals surface area contributed by atoms with Crippen LogP contribution in [0.5, 0.6) is 5.75 Å². The normalized spacial score (nSPS) is 10.7. The standard InChI is InChI=1S/C15H11NO2S2/c1-17-11-7-8-13-12(9-11)14(19)16(15(20)18-13)10-5-3-2-4-6-10/h2-9H,1H3. The van der Waals surface area contributed by atoms with E-state index < -0.39 is 0 Å². The summed E-state index contributed by atoms with van der Waals surface area (Å²) in [5.74, 6) is 0.732. The van der Waals surface area contributed by atoms with E-state index in [1.165, 1.54) is 0 Å². The average Bonchev–Trinajstić information content (AvgIpc) is 2.48. The Hall–Kier alpha value is -1.98. The van der Waals surface area contributed by atoms with E-state index in [-0.39, 0.29) is 0 Å². The molecule has 2 aromatic carbocycles. The lowest BCUT2D eigenvalue weighted by atomic mass is 10.2. The van der Waals surface area contributed by atoms with Gasteiger partial charge in [0.2, 0.25) is 0 Å². The number of aromatic nitrogens is 1. The Labute approximate surface area is 126 Å². The van der Waals surface area contributed by atoms with Crippen LogP contribution in [0.25, 0.3) is 16.7 Å². The summed E-state index contributed by atoms with van der Waals surface area (Å²) in [7, 11) is 1.62. The largest absolute Gasteiger partial charge is 0.497 e. The third-order valence-electron chi connectivity index (χ3n) is 3.01. The Balaban J connectivity index is 2.39. The lowest BCUT2D eigenvalue weighted by molar-refractivity contribution is 0.415. The monoisotopic (exact) mass is 301 g/mol. The molecule has 3 aromatic rings. The fourth-order valence-electron chi connectivity index (χ4n) is 2.03. The van der Waals surface area contributed by atoms with Crippen LogP contribution in [0.2, 0.25) is 0 Å². The van der Waals surface area contributed by atoms with Crippen molar-refractivity contribution in [3.63, 3.8) is 0 Å². The molecule has 5 heteroatoms. The molecule has 20 heavy (non-hydrogen) atoms. The molecule has 3 rings (SSSR count). The van der Waals surface area contributed by atoms with Crippen LogP contribution in [0.15, 0.2) is 52.9 Å². The van der Waals surface area contributed by atoms with Gasteiger partial charge < -0.3 is 9.15 Å². The summed E-state index contributed by atoms with van der Waals surface area (Å²) < 4.78 is 13.3. The van der Waals surface area contributed by atoms with Crippen LogP contribution in [0.4, 0.5) is 0 Å². The number of para-hydroxylation sites is 1. The summed E-state index contributed by atoms with van der Waals surface area (Å²) in [4.78, 5) is 0.332. The Morgan fingerprint density at radius 2 is 1.80 bits per heavy atom. The quantitative estimate of drug-likeness (QED) is 0.642. The van der Waals surface area contributed by atoms with Gasteiger partial charge in [0.15, 0.2) is 0 Å². The first kappa shape index (κ1) is 13.0. The first-order valence-electron chi connectivity index (χ1n) is 6.00. The second-order valence-electron chi connectivity index (χ2n) is 4.21. The van der Waals surface area contributed by atoms with E-state index in [1.54, 1.807) is 11.7 Å². The molecule has 0 saturated carbocycles. The molecular weight excluding hydrogens is 290 g/mol. The Morgan fingerprint density at radius 1 is 1.05 bits per heavy atom. The fourth-order valence-corrected chi connectivity index (χ4v) is 2.73. The molecule has 0 amide bonds. The molecular formula is C15H11NO2S2. The zero-order valence-corrected chi connectivity index (χ0v) is 12.3. The van der Waals surface area contributed by atoms with E-state index in [9.17, 15) is 0 Å². The first-order valence-corrected chi connectivity index (χ1v) is 6.81. The smallest absolute Gasteiger partial charge is 0.274 e. The average molecular weight is 301 g/mol. The lowest BCUT2D eigenvalue weighted by Gasteiger charge is -2.09. The van der Waals surface area contributed by atoms with Crippen molar-refractivity contribution >= 4 is 35.4 Å². The SMILES string of the molecule is COc1ccc2oc(=S)n(-c3ccccc3)c(=S)c2c1. The molecule has 0 atom stereocenters. The molecule has 0 fully saturated rings. The van der Waals surface area contributed by atoms with Gasteiger partial charge >= 0.3 is 0 Å². The molecule has 0 saturated heterocycles. The molecule has 1 heterocycles. The van der Waals surface area contributed by atoms with Crippen LogP contribution in [0.1, 0.15) is 0 Å². The summed E-state index contributed by atoms with van der Waals surface area (Å²) in [6.07, 6.45) is 0. The van der Waals surface area contributed by atoms with Crippen molar-refractivity contribution < 1.29 is 9.15 Å². The van der Waals surface area contributed by atoms with E-state index in [1.807, 2.05) is 48.5 Å². The number of rotatable bonds is 2. The van der Waals surface area contributed by atoms with Crippen molar-refractivity contribution in [3.05, 3.63) is 58.0 Å². The molecule has 1 aromatic heterocycles. The second kappa shape index (κ2) is 5.19. The summed E-state index contributed by atoms with van der Waals surface area (Å²) in [5, 5.41) is 0.803. The zero-order valence-electron chi connectivity index (χ0n) is 10.7. The van der Waals surface area contributed by atoms with E-state index in [2.05, 4.69) is 0 Å². The predicted octanol–water partition coefficient (Wildman–Crippen LogP) is 4.69. The van der Waals surface area contributed by atoms with Crippen LogP contribution < -0.4 is 4.74 Å². The van der Waals surface area contributed by atoms with Gasteiger partial charge in [-0.3, -0.25) is 4.57 Å². The molecule has 3 nitrogen and oxygen atoms in total. The van der Waals surface area contributed by atoms with Crippen molar-refractivity contribution in [2.75, 3.05) is 7.11 Å². The molecule has 100 valence electrons. The molecule has 0 spiro atoms. The fraction of sp³-hybridized carbons (Fsp3) is 0.0667. The van der Waals surface area contributed by atoms with Crippen molar-refractivity contribution in [2.24, 2.45) is 0 Å². The van der Waals surface area contributed by atoms with Gasteiger partial charge in [0.25, 0.3) is 4.84 Å². The van der Waals surface area contributed by atoms with E-state index in [0.29, 0.717) is 15.1 Å². The minimum Gasteiger partial charge on any atom is -0.497 e. The van der Waals surface area contributed by atoms with E-state index in [4.69, 9.17) is 33.6 Å². The van der Waals surface area contributed by atoms with Crippen LogP contribution in [0.3, 0.4) is 0 Å². The topological polar surface area (TPSA) is 27.3 Å². The summed E-state index contributed by atoms with van der Waals surface area (Å²) in [6, 6.07) is 15.2. The van der Waals surface area contributed by atoms with Crippen LogP contribution in [-0.2, 0) is 0 Å². The number of benzene rings is 2. The van der Waals surface area contributed by atoms with Gasteiger partial charge in [0.05, 0.1) is 18.2 Å². The lowest BCUT2D eigenvalue weighted by Crippen LogP contribution is -1.99. The van der Waals surface area contributed by atoms with Gasteiger partial charge in [-0.15, -0.1) is 0 Å². The van der Waals surface area contributed by atoms with Gasteiger partial charge in [-0.1, -0.05) is 30.4 Å². The van der Waals surface area contributed by atoms with Crippen LogP contribution in [0, 0.1) is 9.48 Å². The molecule has 0 aliphatic rings. The summed E-state index contributed by atoms with van der Waals surface area (Å²) >= 11 is 10.9. The number of fused-ring (bicyclic) bond motifs is 1. The van der Waals surface area contributed by atoms with Gasteiger partial charge in [-0.25, -0.2) is 0 Å².